The number of hydrogen-bond acceptors (Lipinski definition) is 6. The first-order valence-electron chi connectivity index (χ1n) is 5.46. The van der Waals surface area contributed by atoms with Gasteiger partial charge in [-0.05, 0) is 6.92 Å². The predicted molar refractivity (Wildman–Crippen MR) is 57.1 cm³/mol. The zero-order valence-corrected chi connectivity index (χ0v) is 10.5. The van der Waals surface area contributed by atoms with Crippen molar-refractivity contribution in [1.82, 2.24) is 0 Å². The third-order valence-corrected chi connectivity index (χ3v) is 2.50. The largest absolute Gasteiger partial charge is 0.460 e. The van der Waals surface area contributed by atoms with Gasteiger partial charge in [0.05, 0.1) is 0 Å². The van der Waals surface area contributed by atoms with E-state index in [2.05, 4.69) is 0 Å². The predicted octanol–water partition coefficient (Wildman–Crippen LogP) is 0.631. The summed E-state index contributed by atoms with van der Waals surface area (Å²) >= 11 is 0. The molecule has 0 aliphatic carbocycles. The van der Waals surface area contributed by atoms with Crippen LogP contribution < -0.4 is 0 Å². The van der Waals surface area contributed by atoms with Crippen LogP contribution in [0.1, 0.15) is 27.2 Å². The van der Waals surface area contributed by atoms with E-state index in [1.807, 2.05) is 0 Å². The van der Waals surface area contributed by atoms with E-state index in [1.165, 1.54) is 21.0 Å². The third kappa shape index (κ3) is 3.98. The minimum atomic E-state index is -0.609. The van der Waals surface area contributed by atoms with Crippen molar-refractivity contribution in [3.63, 3.8) is 0 Å². The van der Waals surface area contributed by atoms with Gasteiger partial charge in [-0.3, -0.25) is 9.59 Å². The Balaban J connectivity index is 2.56. The second-order valence-electron chi connectivity index (χ2n) is 3.98. The molecular formula is C11H18O6. The van der Waals surface area contributed by atoms with Crippen LogP contribution in [0.15, 0.2) is 0 Å². The van der Waals surface area contributed by atoms with Crippen LogP contribution in [0.25, 0.3) is 0 Å². The molecule has 0 saturated carbocycles. The maximum atomic E-state index is 10.9. The molecule has 1 aliphatic heterocycles. The minimum absolute atomic E-state index is 0.326. The molecule has 0 radical (unpaired) electrons. The molecule has 0 aromatic heterocycles. The Kier molecular flexibility index (Phi) is 4.89. The highest BCUT2D eigenvalue weighted by Gasteiger charge is 2.41. The zero-order valence-electron chi connectivity index (χ0n) is 10.5. The summed E-state index contributed by atoms with van der Waals surface area (Å²) in [5.41, 5.74) is 0. The lowest BCUT2D eigenvalue weighted by molar-refractivity contribution is -0.185. The lowest BCUT2D eigenvalue weighted by atomic mass is 10.1. The molecule has 1 aliphatic rings. The van der Waals surface area contributed by atoms with Gasteiger partial charge in [0, 0.05) is 27.4 Å². The van der Waals surface area contributed by atoms with E-state index in [1.54, 1.807) is 6.92 Å². The van der Waals surface area contributed by atoms with Crippen molar-refractivity contribution in [2.75, 3.05) is 7.11 Å². The summed E-state index contributed by atoms with van der Waals surface area (Å²) in [5, 5.41) is 0. The van der Waals surface area contributed by atoms with Crippen molar-refractivity contribution < 1.29 is 28.5 Å². The summed E-state index contributed by atoms with van der Waals surface area (Å²) in [7, 11) is 1.47. The number of carbonyl (C=O) groups excluding carboxylic acids is 2. The molecule has 6 nitrogen and oxygen atoms in total. The average molecular weight is 246 g/mol. The maximum Gasteiger partial charge on any atom is 0.303 e. The highest BCUT2D eigenvalue weighted by molar-refractivity contribution is 5.66. The number of hydrogen-bond donors (Lipinski definition) is 0. The molecule has 0 aromatic carbocycles. The van der Waals surface area contributed by atoms with Gasteiger partial charge in [0.15, 0.2) is 12.4 Å². The first-order chi connectivity index (χ1) is 7.93. The molecule has 4 atom stereocenters. The quantitative estimate of drug-likeness (QED) is 0.677. The number of esters is 2. The fraction of sp³-hybridized carbons (Fsp3) is 0.818. The van der Waals surface area contributed by atoms with Gasteiger partial charge in [-0.15, -0.1) is 0 Å². The first-order valence-corrected chi connectivity index (χ1v) is 5.46. The van der Waals surface area contributed by atoms with Gasteiger partial charge < -0.3 is 18.9 Å². The van der Waals surface area contributed by atoms with Gasteiger partial charge in [0.1, 0.15) is 12.2 Å². The molecule has 0 bridgehead atoms. The molecule has 98 valence electrons. The Morgan fingerprint density at radius 3 is 2.41 bits per heavy atom. The average Bonchev–Trinajstić information content (AvgIpc) is 2.59. The topological polar surface area (TPSA) is 71.1 Å². The lowest BCUT2D eigenvalue weighted by Gasteiger charge is -2.18. The fourth-order valence-corrected chi connectivity index (χ4v) is 1.82. The summed E-state index contributed by atoms with van der Waals surface area (Å²) in [6, 6.07) is 0. The van der Waals surface area contributed by atoms with Crippen molar-refractivity contribution in [1.29, 1.82) is 0 Å². The Morgan fingerprint density at radius 1 is 1.29 bits per heavy atom. The van der Waals surface area contributed by atoms with Gasteiger partial charge in [0.2, 0.25) is 0 Å². The van der Waals surface area contributed by atoms with Gasteiger partial charge >= 0.3 is 11.9 Å². The minimum Gasteiger partial charge on any atom is -0.460 e. The molecule has 0 N–H and O–H groups in total. The van der Waals surface area contributed by atoms with E-state index >= 15 is 0 Å². The highest BCUT2D eigenvalue weighted by Crippen LogP contribution is 2.27. The number of ether oxygens (including phenoxy) is 4. The van der Waals surface area contributed by atoms with Gasteiger partial charge in [-0.2, -0.15) is 0 Å². The Bertz CT molecular complexity index is 290. The summed E-state index contributed by atoms with van der Waals surface area (Å²) in [5.74, 6) is -0.757. The lowest BCUT2D eigenvalue weighted by Crippen LogP contribution is -2.28. The normalized spacial score (nSPS) is 29.8. The molecular weight excluding hydrogens is 228 g/mol. The molecule has 1 unspecified atom stereocenters. The zero-order chi connectivity index (χ0) is 13.0. The Hall–Kier alpha value is -1.14. The monoisotopic (exact) mass is 246 g/mol. The summed E-state index contributed by atoms with van der Waals surface area (Å²) < 4.78 is 20.7. The van der Waals surface area contributed by atoms with Gasteiger partial charge in [0.25, 0.3) is 0 Å². The van der Waals surface area contributed by atoms with Crippen molar-refractivity contribution in [2.45, 2.75) is 51.8 Å². The summed E-state index contributed by atoms with van der Waals surface area (Å²) in [6.45, 7) is 4.40. The van der Waals surface area contributed by atoms with Crippen LogP contribution in [-0.2, 0) is 28.5 Å². The number of methoxy groups -OCH3 is 1. The molecule has 0 aromatic rings. The van der Waals surface area contributed by atoms with Crippen LogP contribution in [0.2, 0.25) is 0 Å². The van der Waals surface area contributed by atoms with E-state index in [-0.39, 0.29) is 18.0 Å². The van der Waals surface area contributed by atoms with E-state index in [0.717, 1.165) is 0 Å². The SMILES string of the molecule is COC1O[C@@H]([C@@H](C)OC(C)=O)C[C@H]1OC(C)=O. The molecule has 1 rings (SSSR count). The van der Waals surface area contributed by atoms with Crippen molar-refractivity contribution >= 4 is 11.9 Å². The summed E-state index contributed by atoms with van der Waals surface area (Å²) in [4.78, 5) is 21.7. The van der Waals surface area contributed by atoms with Crippen LogP contribution in [-0.4, -0.2) is 43.7 Å². The summed E-state index contributed by atoms with van der Waals surface area (Å²) in [6.07, 6.45) is -1.34. The van der Waals surface area contributed by atoms with Crippen LogP contribution in [0.3, 0.4) is 0 Å². The second kappa shape index (κ2) is 5.97. The Morgan fingerprint density at radius 2 is 1.94 bits per heavy atom. The molecule has 1 saturated heterocycles. The number of carbonyl (C=O) groups is 2. The van der Waals surface area contributed by atoms with Crippen LogP contribution in [0.4, 0.5) is 0 Å². The van der Waals surface area contributed by atoms with Crippen LogP contribution >= 0.6 is 0 Å². The molecule has 0 amide bonds. The van der Waals surface area contributed by atoms with Gasteiger partial charge in [-0.25, -0.2) is 0 Å². The number of rotatable bonds is 4. The van der Waals surface area contributed by atoms with Crippen LogP contribution in [0, 0.1) is 0 Å². The highest BCUT2D eigenvalue weighted by atomic mass is 16.7. The van der Waals surface area contributed by atoms with E-state index in [0.29, 0.717) is 6.42 Å². The second-order valence-corrected chi connectivity index (χ2v) is 3.98. The molecule has 1 heterocycles. The maximum absolute atomic E-state index is 10.9. The van der Waals surface area contributed by atoms with E-state index in [4.69, 9.17) is 18.9 Å². The van der Waals surface area contributed by atoms with Crippen molar-refractivity contribution in [3.05, 3.63) is 0 Å². The molecule has 0 spiro atoms. The molecule has 17 heavy (non-hydrogen) atoms. The standard InChI is InChI=1S/C11H18O6/c1-6(15-7(2)12)9-5-10(16-8(3)13)11(14-4)17-9/h6,9-11H,5H2,1-4H3/t6-,9-,10-,11?/m1/s1. The first kappa shape index (κ1) is 13.9. The smallest absolute Gasteiger partial charge is 0.303 e. The van der Waals surface area contributed by atoms with Crippen LogP contribution in [0.5, 0.6) is 0 Å². The van der Waals surface area contributed by atoms with Crippen molar-refractivity contribution in [3.8, 4) is 0 Å². The fourth-order valence-electron chi connectivity index (χ4n) is 1.82. The van der Waals surface area contributed by atoms with Crippen molar-refractivity contribution in [2.24, 2.45) is 0 Å². The third-order valence-electron chi connectivity index (χ3n) is 2.50. The van der Waals surface area contributed by atoms with E-state index < -0.39 is 18.5 Å². The molecule has 6 heteroatoms. The Labute approximate surface area is 100 Å². The van der Waals surface area contributed by atoms with Gasteiger partial charge in [-0.1, -0.05) is 0 Å². The molecule has 1 fully saturated rings. The van der Waals surface area contributed by atoms with E-state index in [9.17, 15) is 9.59 Å².